The van der Waals surface area contributed by atoms with Crippen LogP contribution < -0.4 is 10.1 Å². The first-order valence-electron chi connectivity index (χ1n) is 10.0. The summed E-state index contributed by atoms with van der Waals surface area (Å²) in [6.45, 7) is 3.13. The van der Waals surface area contributed by atoms with E-state index in [4.69, 9.17) is 9.15 Å². The Labute approximate surface area is 184 Å². The highest BCUT2D eigenvalue weighted by atomic mass is 19.4. The summed E-state index contributed by atoms with van der Waals surface area (Å²) < 4.78 is 50.0. The molecule has 0 unspecified atom stereocenters. The lowest BCUT2D eigenvalue weighted by molar-refractivity contribution is -0.137. The third-order valence-electron chi connectivity index (χ3n) is 4.71. The summed E-state index contributed by atoms with van der Waals surface area (Å²) in [5.41, 5.74) is 0.900. The molecule has 2 aromatic carbocycles. The quantitative estimate of drug-likeness (QED) is 0.517. The summed E-state index contributed by atoms with van der Waals surface area (Å²) in [7, 11) is 1.57. The van der Waals surface area contributed by atoms with Gasteiger partial charge >= 0.3 is 6.18 Å². The Balaban J connectivity index is 1.81. The van der Waals surface area contributed by atoms with Crippen LogP contribution in [0, 0.1) is 0 Å². The van der Waals surface area contributed by atoms with Crippen LogP contribution in [-0.4, -0.2) is 29.4 Å². The van der Waals surface area contributed by atoms with E-state index in [0.29, 0.717) is 30.3 Å². The SMILES string of the molecule is CCNC(=O)c1coc(CN(Cc2ccc(OC)cc2)Cc2cccc(C(F)(F)F)c2)n1. The van der Waals surface area contributed by atoms with Crippen molar-refractivity contribution in [3.8, 4) is 5.75 Å². The number of hydrogen-bond donors (Lipinski definition) is 1. The van der Waals surface area contributed by atoms with Crippen molar-refractivity contribution in [3.63, 3.8) is 0 Å². The average molecular weight is 447 g/mol. The van der Waals surface area contributed by atoms with Gasteiger partial charge in [-0.3, -0.25) is 9.69 Å². The normalized spacial score (nSPS) is 11.6. The van der Waals surface area contributed by atoms with Crippen molar-refractivity contribution in [3.05, 3.63) is 83.1 Å². The molecule has 32 heavy (non-hydrogen) atoms. The van der Waals surface area contributed by atoms with E-state index in [1.807, 2.05) is 29.2 Å². The zero-order valence-corrected chi connectivity index (χ0v) is 17.8. The van der Waals surface area contributed by atoms with Gasteiger partial charge in [0, 0.05) is 19.6 Å². The second-order valence-electron chi connectivity index (χ2n) is 7.18. The van der Waals surface area contributed by atoms with Crippen LogP contribution >= 0.6 is 0 Å². The number of ether oxygens (including phenoxy) is 1. The van der Waals surface area contributed by atoms with Gasteiger partial charge in [-0.2, -0.15) is 13.2 Å². The van der Waals surface area contributed by atoms with Crippen molar-refractivity contribution in [1.29, 1.82) is 0 Å². The number of hydrogen-bond acceptors (Lipinski definition) is 5. The van der Waals surface area contributed by atoms with E-state index in [1.165, 1.54) is 12.3 Å². The molecule has 0 aliphatic carbocycles. The van der Waals surface area contributed by atoms with Crippen LogP contribution in [0.2, 0.25) is 0 Å². The Morgan fingerprint density at radius 1 is 1.09 bits per heavy atom. The first kappa shape index (κ1) is 23.3. The van der Waals surface area contributed by atoms with Crippen LogP contribution in [0.15, 0.2) is 59.2 Å². The number of benzene rings is 2. The molecule has 0 saturated heterocycles. The average Bonchev–Trinajstić information content (AvgIpc) is 3.23. The number of nitrogens with zero attached hydrogens (tertiary/aromatic N) is 2. The van der Waals surface area contributed by atoms with Crippen molar-refractivity contribution in [1.82, 2.24) is 15.2 Å². The molecule has 6 nitrogen and oxygen atoms in total. The van der Waals surface area contributed by atoms with Crippen molar-refractivity contribution < 1.29 is 27.1 Å². The maximum atomic E-state index is 13.1. The smallest absolute Gasteiger partial charge is 0.416 e. The Kier molecular flexibility index (Phi) is 7.53. The molecule has 3 aromatic rings. The molecule has 170 valence electrons. The van der Waals surface area contributed by atoms with Crippen LogP contribution in [-0.2, 0) is 25.8 Å². The number of carbonyl (C=O) groups is 1. The molecule has 0 aliphatic rings. The van der Waals surface area contributed by atoms with Gasteiger partial charge in [-0.25, -0.2) is 4.98 Å². The van der Waals surface area contributed by atoms with Gasteiger partial charge in [-0.1, -0.05) is 30.3 Å². The molecule has 0 radical (unpaired) electrons. The predicted molar refractivity (Wildman–Crippen MR) is 112 cm³/mol. The fourth-order valence-corrected chi connectivity index (χ4v) is 3.19. The van der Waals surface area contributed by atoms with Crippen LogP contribution in [0.1, 0.15) is 40.0 Å². The lowest BCUT2D eigenvalue weighted by atomic mass is 10.1. The highest BCUT2D eigenvalue weighted by Gasteiger charge is 2.30. The molecule has 1 N–H and O–H groups in total. The first-order valence-corrected chi connectivity index (χ1v) is 10.0. The van der Waals surface area contributed by atoms with E-state index in [2.05, 4.69) is 10.3 Å². The Morgan fingerprint density at radius 3 is 2.47 bits per heavy atom. The molecule has 0 fully saturated rings. The minimum Gasteiger partial charge on any atom is -0.497 e. The minimum atomic E-state index is -4.42. The van der Waals surface area contributed by atoms with Gasteiger partial charge in [0.05, 0.1) is 19.2 Å². The summed E-state index contributed by atoms with van der Waals surface area (Å²) in [6, 6.07) is 12.6. The van der Waals surface area contributed by atoms with Crippen LogP contribution in [0.4, 0.5) is 13.2 Å². The zero-order valence-electron chi connectivity index (χ0n) is 17.8. The lowest BCUT2D eigenvalue weighted by Crippen LogP contribution is -2.24. The fourth-order valence-electron chi connectivity index (χ4n) is 3.19. The molecule has 0 aliphatic heterocycles. The first-order chi connectivity index (χ1) is 15.3. The van der Waals surface area contributed by atoms with Gasteiger partial charge in [0.1, 0.15) is 12.0 Å². The molecule has 3 rings (SSSR count). The molecular weight excluding hydrogens is 423 g/mol. The number of oxazole rings is 1. The molecule has 1 heterocycles. The minimum absolute atomic E-state index is 0.158. The van der Waals surface area contributed by atoms with Crippen molar-refractivity contribution in [2.75, 3.05) is 13.7 Å². The third-order valence-corrected chi connectivity index (χ3v) is 4.71. The largest absolute Gasteiger partial charge is 0.497 e. The topological polar surface area (TPSA) is 67.6 Å². The Morgan fingerprint density at radius 2 is 1.81 bits per heavy atom. The standard InChI is InChI=1S/C23H24F3N3O3/c1-3-27-22(30)20-15-32-21(28-20)14-29(12-16-7-9-19(31-2)10-8-16)13-17-5-4-6-18(11-17)23(24,25)26/h4-11,15H,3,12-14H2,1-2H3,(H,27,30). The molecule has 0 spiro atoms. The van der Waals surface area contributed by atoms with Gasteiger partial charge in [0.25, 0.3) is 5.91 Å². The Hall–Kier alpha value is -3.33. The van der Waals surface area contributed by atoms with Gasteiger partial charge < -0.3 is 14.5 Å². The maximum Gasteiger partial charge on any atom is 0.416 e. The molecule has 1 aromatic heterocycles. The van der Waals surface area contributed by atoms with E-state index in [1.54, 1.807) is 20.1 Å². The molecule has 0 atom stereocenters. The number of alkyl halides is 3. The van der Waals surface area contributed by atoms with Crippen molar-refractivity contribution in [2.45, 2.75) is 32.7 Å². The van der Waals surface area contributed by atoms with E-state index in [0.717, 1.165) is 17.7 Å². The highest BCUT2D eigenvalue weighted by molar-refractivity contribution is 5.91. The Bertz CT molecular complexity index is 1030. The lowest BCUT2D eigenvalue weighted by Gasteiger charge is -2.22. The van der Waals surface area contributed by atoms with Gasteiger partial charge in [0.2, 0.25) is 5.89 Å². The molecule has 0 bridgehead atoms. The van der Waals surface area contributed by atoms with E-state index < -0.39 is 11.7 Å². The van der Waals surface area contributed by atoms with Crippen molar-refractivity contribution >= 4 is 5.91 Å². The summed E-state index contributed by atoms with van der Waals surface area (Å²) in [4.78, 5) is 18.1. The zero-order chi connectivity index (χ0) is 23.1. The third kappa shape index (κ3) is 6.34. The summed E-state index contributed by atoms with van der Waals surface area (Å²) in [5.74, 6) is 0.659. The fraction of sp³-hybridized carbons (Fsp3) is 0.304. The number of methoxy groups -OCH3 is 1. The van der Waals surface area contributed by atoms with E-state index in [-0.39, 0.29) is 24.7 Å². The predicted octanol–water partition coefficient (Wildman–Crippen LogP) is 4.65. The molecule has 9 heteroatoms. The summed E-state index contributed by atoms with van der Waals surface area (Å²) in [5, 5.41) is 2.65. The van der Waals surface area contributed by atoms with Gasteiger partial charge in [-0.05, 0) is 36.2 Å². The second-order valence-corrected chi connectivity index (χ2v) is 7.18. The number of halogens is 3. The summed E-state index contributed by atoms with van der Waals surface area (Å²) >= 11 is 0. The molecule has 0 saturated carbocycles. The highest BCUT2D eigenvalue weighted by Crippen LogP contribution is 2.30. The number of amides is 1. The van der Waals surface area contributed by atoms with Crippen LogP contribution in [0.5, 0.6) is 5.75 Å². The van der Waals surface area contributed by atoms with Gasteiger partial charge in [0.15, 0.2) is 5.69 Å². The molecular formula is C23H24F3N3O3. The summed E-state index contributed by atoms with van der Waals surface area (Å²) in [6.07, 6.45) is -3.14. The maximum absolute atomic E-state index is 13.1. The second kappa shape index (κ2) is 10.3. The monoisotopic (exact) mass is 447 g/mol. The number of carbonyl (C=O) groups excluding carboxylic acids is 1. The van der Waals surface area contributed by atoms with E-state index in [9.17, 15) is 18.0 Å². The van der Waals surface area contributed by atoms with E-state index >= 15 is 0 Å². The number of aromatic nitrogens is 1. The van der Waals surface area contributed by atoms with Crippen molar-refractivity contribution in [2.24, 2.45) is 0 Å². The van der Waals surface area contributed by atoms with Gasteiger partial charge in [-0.15, -0.1) is 0 Å². The molecule has 1 amide bonds. The van der Waals surface area contributed by atoms with Crippen LogP contribution in [0.25, 0.3) is 0 Å². The number of nitrogens with one attached hydrogen (secondary N) is 1. The number of rotatable bonds is 9. The van der Waals surface area contributed by atoms with Crippen LogP contribution in [0.3, 0.4) is 0 Å².